The standard InChI is InChI=1S/C16H19N3O/c1-2-12-6-7-16(9-12,11-17)15(20)13-10-19-8-4-3-5-14(19)18-13/h3-5,8,10,12,15,20H,2,6-7,9H2,1H3. The van der Waals surface area contributed by atoms with Gasteiger partial charge in [0.05, 0.1) is 17.2 Å². The van der Waals surface area contributed by atoms with Crippen molar-refractivity contribution >= 4 is 5.65 Å². The maximum Gasteiger partial charge on any atom is 0.137 e. The average Bonchev–Trinajstić information content (AvgIpc) is 3.11. The van der Waals surface area contributed by atoms with Gasteiger partial charge in [-0.05, 0) is 37.3 Å². The molecule has 1 aliphatic rings. The molecular weight excluding hydrogens is 250 g/mol. The molecule has 1 aliphatic carbocycles. The highest BCUT2D eigenvalue weighted by Gasteiger charge is 2.46. The van der Waals surface area contributed by atoms with Gasteiger partial charge in [0.2, 0.25) is 0 Å². The molecule has 104 valence electrons. The van der Waals surface area contributed by atoms with Gasteiger partial charge in [-0.3, -0.25) is 0 Å². The number of aromatic nitrogens is 2. The zero-order valence-corrected chi connectivity index (χ0v) is 11.7. The van der Waals surface area contributed by atoms with Crippen molar-refractivity contribution in [2.45, 2.75) is 38.7 Å². The molecule has 0 saturated heterocycles. The molecule has 0 aromatic carbocycles. The fourth-order valence-corrected chi connectivity index (χ4v) is 3.31. The van der Waals surface area contributed by atoms with Crippen LogP contribution in [0.4, 0.5) is 0 Å². The Morgan fingerprint density at radius 3 is 3.10 bits per heavy atom. The van der Waals surface area contributed by atoms with Gasteiger partial charge in [0.15, 0.2) is 0 Å². The van der Waals surface area contributed by atoms with E-state index in [9.17, 15) is 10.4 Å². The number of rotatable bonds is 3. The first-order valence-electron chi connectivity index (χ1n) is 7.21. The first-order chi connectivity index (χ1) is 9.68. The summed E-state index contributed by atoms with van der Waals surface area (Å²) in [5, 5.41) is 20.3. The van der Waals surface area contributed by atoms with E-state index in [0.717, 1.165) is 31.3 Å². The Kier molecular flexibility index (Phi) is 3.23. The quantitative estimate of drug-likeness (QED) is 0.931. The predicted molar refractivity (Wildman–Crippen MR) is 75.8 cm³/mol. The van der Waals surface area contributed by atoms with Crippen molar-refractivity contribution in [3.63, 3.8) is 0 Å². The largest absolute Gasteiger partial charge is 0.385 e. The first kappa shape index (κ1) is 13.1. The third-order valence-electron chi connectivity index (χ3n) is 4.64. The highest BCUT2D eigenvalue weighted by molar-refractivity contribution is 5.40. The monoisotopic (exact) mass is 269 g/mol. The summed E-state index contributed by atoms with van der Waals surface area (Å²) in [6.07, 6.45) is 6.56. The number of fused-ring (bicyclic) bond motifs is 1. The number of hydrogen-bond donors (Lipinski definition) is 1. The van der Waals surface area contributed by atoms with E-state index in [1.54, 1.807) is 0 Å². The van der Waals surface area contributed by atoms with Gasteiger partial charge in [0.1, 0.15) is 11.8 Å². The second-order valence-corrected chi connectivity index (χ2v) is 5.82. The minimum Gasteiger partial charge on any atom is -0.385 e. The van der Waals surface area contributed by atoms with Crippen LogP contribution in [-0.4, -0.2) is 14.5 Å². The van der Waals surface area contributed by atoms with Crippen LogP contribution in [0.3, 0.4) is 0 Å². The number of pyridine rings is 1. The Balaban J connectivity index is 1.94. The molecule has 0 aliphatic heterocycles. The number of aliphatic hydroxyl groups excluding tert-OH is 1. The van der Waals surface area contributed by atoms with Crippen molar-refractivity contribution in [1.82, 2.24) is 9.38 Å². The number of nitrogens with zero attached hydrogens (tertiary/aromatic N) is 3. The third-order valence-corrected chi connectivity index (χ3v) is 4.64. The topological polar surface area (TPSA) is 61.3 Å². The second kappa shape index (κ2) is 4.92. The summed E-state index contributed by atoms with van der Waals surface area (Å²) >= 11 is 0. The molecule has 3 unspecified atom stereocenters. The van der Waals surface area contributed by atoms with Crippen LogP contribution in [0, 0.1) is 22.7 Å². The molecule has 0 bridgehead atoms. The van der Waals surface area contributed by atoms with Crippen LogP contribution in [-0.2, 0) is 0 Å². The molecule has 20 heavy (non-hydrogen) atoms. The molecule has 2 aromatic heterocycles. The number of aliphatic hydroxyl groups is 1. The molecule has 0 amide bonds. The van der Waals surface area contributed by atoms with Gasteiger partial charge in [-0.15, -0.1) is 0 Å². The van der Waals surface area contributed by atoms with Crippen LogP contribution >= 0.6 is 0 Å². The number of nitriles is 1. The molecule has 4 nitrogen and oxygen atoms in total. The van der Waals surface area contributed by atoms with Crippen LogP contribution in [0.25, 0.3) is 5.65 Å². The number of hydrogen-bond acceptors (Lipinski definition) is 3. The second-order valence-electron chi connectivity index (χ2n) is 5.82. The zero-order valence-electron chi connectivity index (χ0n) is 11.7. The summed E-state index contributed by atoms with van der Waals surface area (Å²) in [4.78, 5) is 4.46. The van der Waals surface area contributed by atoms with E-state index in [4.69, 9.17) is 0 Å². The fourth-order valence-electron chi connectivity index (χ4n) is 3.31. The Hall–Kier alpha value is -1.86. The maximum atomic E-state index is 10.7. The third kappa shape index (κ3) is 1.99. The predicted octanol–water partition coefficient (Wildman–Crippen LogP) is 3.09. The van der Waals surface area contributed by atoms with Gasteiger partial charge in [-0.25, -0.2) is 4.98 Å². The Labute approximate surface area is 118 Å². The first-order valence-corrected chi connectivity index (χ1v) is 7.21. The minimum atomic E-state index is -0.802. The van der Waals surface area contributed by atoms with Gasteiger partial charge in [0.25, 0.3) is 0 Å². The zero-order chi connectivity index (χ0) is 14.2. The molecule has 2 aromatic rings. The van der Waals surface area contributed by atoms with Crippen LogP contribution in [0.1, 0.15) is 44.4 Å². The molecule has 3 rings (SSSR count). The molecule has 1 N–H and O–H groups in total. The van der Waals surface area contributed by atoms with Gasteiger partial charge >= 0.3 is 0 Å². The lowest BCUT2D eigenvalue weighted by molar-refractivity contribution is 0.0608. The summed E-state index contributed by atoms with van der Waals surface area (Å²) in [6, 6.07) is 8.13. The highest BCUT2D eigenvalue weighted by Crippen LogP contribution is 2.50. The summed E-state index contributed by atoms with van der Waals surface area (Å²) in [7, 11) is 0. The van der Waals surface area contributed by atoms with E-state index in [0.29, 0.717) is 11.6 Å². The van der Waals surface area contributed by atoms with Crippen LogP contribution in [0.2, 0.25) is 0 Å². The summed E-state index contributed by atoms with van der Waals surface area (Å²) in [5.74, 6) is 0.543. The van der Waals surface area contributed by atoms with Gasteiger partial charge in [-0.2, -0.15) is 5.26 Å². The molecule has 0 radical (unpaired) electrons. The molecule has 0 spiro atoms. The van der Waals surface area contributed by atoms with Crippen LogP contribution < -0.4 is 0 Å². The maximum absolute atomic E-state index is 10.7. The van der Waals surface area contributed by atoms with E-state index in [-0.39, 0.29) is 0 Å². The van der Waals surface area contributed by atoms with E-state index in [1.165, 1.54) is 0 Å². The van der Waals surface area contributed by atoms with Crippen molar-refractivity contribution in [3.8, 4) is 6.07 Å². The van der Waals surface area contributed by atoms with Crippen molar-refractivity contribution in [2.75, 3.05) is 0 Å². The number of imidazole rings is 1. The Bertz CT molecular complexity index is 624. The molecule has 1 saturated carbocycles. The summed E-state index contributed by atoms with van der Waals surface area (Å²) in [5.41, 5.74) is 0.743. The van der Waals surface area contributed by atoms with Crippen molar-refractivity contribution in [3.05, 3.63) is 36.3 Å². The van der Waals surface area contributed by atoms with E-state index in [1.807, 2.05) is 35.0 Å². The van der Waals surface area contributed by atoms with Crippen molar-refractivity contribution in [1.29, 1.82) is 5.26 Å². The molecular formula is C16H19N3O. The normalized spacial score (nSPS) is 27.6. The van der Waals surface area contributed by atoms with Crippen molar-refractivity contribution < 1.29 is 5.11 Å². The van der Waals surface area contributed by atoms with Gasteiger partial charge in [0, 0.05) is 12.4 Å². The van der Waals surface area contributed by atoms with E-state index < -0.39 is 11.5 Å². The molecule has 2 heterocycles. The van der Waals surface area contributed by atoms with Crippen LogP contribution in [0.15, 0.2) is 30.6 Å². The van der Waals surface area contributed by atoms with Crippen molar-refractivity contribution in [2.24, 2.45) is 11.3 Å². The smallest absolute Gasteiger partial charge is 0.137 e. The minimum absolute atomic E-state index is 0.543. The van der Waals surface area contributed by atoms with Gasteiger partial charge in [-0.1, -0.05) is 19.4 Å². The highest BCUT2D eigenvalue weighted by atomic mass is 16.3. The summed E-state index contributed by atoms with van der Waals surface area (Å²) < 4.78 is 1.88. The lowest BCUT2D eigenvalue weighted by Gasteiger charge is -2.26. The molecule has 3 atom stereocenters. The Morgan fingerprint density at radius 1 is 1.60 bits per heavy atom. The molecule has 4 heteroatoms. The van der Waals surface area contributed by atoms with Crippen LogP contribution in [0.5, 0.6) is 0 Å². The SMILES string of the molecule is CCC1CCC(C#N)(C(O)c2cn3ccccc3n2)C1. The van der Waals surface area contributed by atoms with Gasteiger partial charge < -0.3 is 9.51 Å². The Morgan fingerprint density at radius 2 is 2.45 bits per heavy atom. The average molecular weight is 269 g/mol. The van der Waals surface area contributed by atoms with E-state index >= 15 is 0 Å². The summed E-state index contributed by atoms with van der Waals surface area (Å²) in [6.45, 7) is 2.15. The fraction of sp³-hybridized carbons (Fsp3) is 0.500. The lowest BCUT2D eigenvalue weighted by atomic mass is 9.79. The molecule has 1 fully saturated rings. The lowest BCUT2D eigenvalue weighted by Crippen LogP contribution is -2.25. The van der Waals surface area contributed by atoms with E-state index in [2.05, 4.69) is 18.0 Å².